The molecule has 170 valence electrons. The first-order valence-corrected chi connectivity index (χ1v) is 10.8. The zero-order chi connectivity index (χ0) is 20.7. The molecular formula is C23H38IN3O3. The van der Waals surface area contributed by atoms with Gasteiger partial charge in [0.2, 0.25) is 0 Å². The molecule has 1 saturated carbocycles. The van der Waals surface area contributed by atoms with Gasteiger partial charge in [-0.15, -0.1) is 24.0 Å². The topological polar surface area (TPSA) is 55.3 Å². The second-order valence-corrected chi connectivity index (χ2v) is 8.44. The number of halogens is 1. The van der Waals surface area contributed by atoms with E-state index in [1.807, 2.05) is 7.05 Å². The second-order valence-electron chi connectivity index (χ2n) is 8.44. The molecule has 3 rings (SSSR count). The Hall–Kier alpha value is -1.06. The van der Waals surface area contributed by atoms with Crippen molar-refractivity contribution in [3.63, 3.8) is 0 Å². The average molecular weight is 531 g/mol. The van der Waals surface area contributed by atoms with E-state index < -0.39 is 0 Å². The van der Waals surface area contributed by atoms with Gasteiger partial charge in [-0.25, -0.2) is 0 Å². The van der Waals surface area contributed by atoms with Crippen molar-refractivity contribution in [2.24, 2.45) is 10.9 Å². The predicted molar refractivity (Wildman–Crippen MR) is 132 cm³/mol. The van der Waals surface area contributed by atoms with E-state index >= 15 is 0 Å². The lowest BCUT2D eigenvalue weighted by Gasteiger charge is -2.39. The van der Waals surface area contributed by atoms with Crippen LogP contribution in [0.5, 0.6) is 5.75 Å². The van der Waals surface area contributed by atoms with Crippen molar-refractivity contribution in [1.82, 2.24) is 10.2 Å². The first kappa shape index (κ1) is 25.2. The standard InChI is InChI=1S/C23H37N3O3.HI/c1-18-5-8-21(27-4)20(15-18)23(9-12-28-13-10-23)17-25-22(24-2)26(3)11-14-29-16-19-6-7-19;/h5,8,15,19H,6-7,9-14,16-17H2,1-4H3,(H,24,25);1H. The van der Waals surface area contributed by atoms with Crippen LogP contribution in [0.25, 0.3) is 0 Å². The van der Waals surface area contributed by atoms with E-state index in [1.54, 1.807) is 7.11 Å². The SMILES string of the molecule is CN=C(NCC1(c2cc(C)ccc2OC)CCOCC1)N(C)CCOCC1CC1.I. The Morgan fingerprint density at radius 3 is 2.67 bits per heavy atom. The van der Waals surface area contributed by atoms with Gasteiger partial charge in [0.25, 0.3) is 0 Å². The highest BCUT2D eigenvalue weighted by atomic mass is 127. The van der Waals surface area contributed by atoms with Crippen LogP contribution in [0.3, 0.4) is 0 Å². The zero-order valence-corrected chi connectivity index (χ0v) is 21.2. The molecule has 0 aromatic heterocycles. The predicted octanol–water partition coefficient (Wildman–Crippen LogP) is 3.60. The minimum absolute atomic E-state index is 0. The maximum absolute atomic E-state index is 5.79. The summed E-state index contributed by atoms with van der Waals surface area (Å²) in [4.78, 5) is 6.64. The molecule has 2 aliphatic rings. The third-order valence-corrected chi connectivity index (χ3v) is 6.16. The van der Waals surface area contributed by atoms with Gasteiger partial charge < -0.3 is 24.4 Å². The molecule has 0 radical (unpaired) electrons. The molecule has 1 heterocycles. The van der Waals surface area contributed by atoms with Crippen LogP contribution in [0.4, 0.5) is 0 Å². The van der Waals surface area contributed by atoms with Crippen molar-refractivity contribution in [2.45, 2.75) is 38.0 Å². The van der Waals surface area contributed by atoms with Crippen LogP contribution in [0.2, 0.25) is 0 Å². The summed E-state index contributed by atoms with van der Waals surface area (Å²) in [7, 11) is 5.66. The molecule has 0 spiro atoms. The van der Waals surface area contributed by atoms with Gasteiger partial charge in [-0.05, 0) is 44.6 Å². The summed E-state index contributed by atoms with van der Waals surface area (Å²) >= 11 is 0. The average Bonchev–Trinajstić information content (AvgIpc) is 3.57. The van der Waals surface area contributed by atoms with Gasteiger partial charge in [0.05, 0.1) is 13.7 Å². The molecule has 6 nitrogen and oxygen atoms in total. The number of ether oxygens (including phenoxy) is 3. The molecule has 1 N–H and O–H groups in total. The monoisotopic (exact) mass is 531 g/mol. The number of rotatable bonds is 9. The van der Waals surface area contributed by atoms with Crippen molar-refractivity contribution in [1.29, 1.82) is 0 Å². The number of aryl methyl sites for hydroxylation is 1. The third-order valence-electron chi connectivity index (χ3n) is 6.16. The molecule has 0 bridgehead atoms. The maximum atomic E-state index is 5.79. The number of nitrogens with zero attached hydrogens (tertiary/aromatic N) is 2. The van der Waals surface area contributed by atoms with Gasteiger partial charge >= 0.3 is 0 Å². The molecule has 1 saturated heterocycles. The molecule has 0 amide bonds. The van der Waals surface area contributed by atoms with Crippen LogP contribution < -0.4 is 10.1 Å². The lowest BCUT2D eigenvalue weighted by molar-refractivity contribution is 0.0502. The number of guanidine groups is 1. The Labute approximate surface area is 198 Å². The molecule has 0 atom stereocenters. The van der Waals surface area contributed by atoms with E-state index in [9.17, 15) is 0 Å². The number of benzene rings is 1. The highest BCUT2D eigenvalue weighted by Crippen LogP contribution is 2.40. The van der Waals surface area contributed by atoms with Crippen LogP contribution >= 0.6 is 24.0 Å². The summed E-state index contributed by atoms with van der Waals surface area (Å²) in [5.41, 5.74) is 2.48. The van der Waals surface area contributed by atoms with E-state index in [2.05, 4.69) is 47.4 Å². The summed E-state index contributed by atoms with van der Waals surface area (Å²) in [5, 5.41) is 3.62. The first-order valence-electron chi connectivity index (χ1n) is 10.8. The second kappa shape index (κ2) is 12.1. The zero-order valence-electron chi connectivity index (χ0n) is 18.9. The summed E-state index contributed by atoms with van der Waals surface area (Å²) in [5.74, 6) is 2.66. The molecule has 30 heavy (non-hydrogen) atoms. The fourth-order valence-electron chi connectivity index (χ4n) is 4.01. The third kappa shape index (κ3) is 6.72. The van der Waals surface area contributed by atoms with Crippen molar-refractivity contribution in [2.75, 3.05) is 60.7 Å². The van der Waals surface area contributed by atoms with E-state index in [-0.39, 0.29) is 29.4 Å². The van der Waals surface area contributed by atoms with Crippen LogP contribution in [-0.2, 0) is 14.9 Å². The van der Waals surface area contributed by atoms with E-state index in [0.29, 0.717) is 0 Å². The minimum atomic E-state index is -0.0329. The van der Waals surface area contributed by atoms with Gasteiger partial charge in [0.15, 0.2) is 5.96 Å². The number of aliphatic imine (C=N–C) groups is 1. The van der Waals surface area contributed by atoms with Crippen LogP contribution in [0.15, 0.2) is 23.2 Å². The lowest BCUT2D eigenvalue weighted by Crippen LogP contribution is -2.49. The van der Waals surface area contributed by atoms with Gasteiger partial charge in [-0.1, -0.05) is 17.7 Å². The lowest BCUT2D eigenvalue weighted by atomic mass is 9.73. The molecule has 1 aliphatic carbocycles. The number of likely N-dealkylation sites (N-methyl/N-ethyl adjacent to an activating group) is 1. The van der Waals surface area contributed by atoms with Gasteiger partial charge in [0, 0.05) is 58.0 Å². The largest absolute Gasteiger partial charge is 0.496 e. The number of nitrogens with one attached hydrogen (secondary N) is 1. The molecular weight excluding hydrogens is 493 g/mol. The van der Waals surface area contributed by atoms with E-state index in [0.717, 1.165) is 70.0 Å². The smallest absolute Gasteiger partial charge is 0.193 e. The molecule has 1 aliphatic heterocycles. The Bertz CT molecular complexity index is 688. The summed E-state index contributed by atoms with van der Waals surface area (Å²) in [6.45, 7) is 6.93. The fraction of sp³-hybridized carbons (Fsp3) is 0.696. The van der Waals surface area contributed by atoms with Gasteiger partial charge in [-0.3, -0.25) is 4.99 Å². The summed E-state index contributed by atoms with van der Waals surface area (Å²) in [6.07, 6.45) is 4.58. The number of methoxy groups -OCH3 is 1. The minimum Gasteiger partial charge on any atom is -0.496 e. The van der Waals surface area contributed by atoms with Gasteiger partial charge in [-0.2, -0.15) is 0 Å². The molecule has 2 fully saturated rings. The van der Waals surface area contributed by atoms with Gasteiger partial charge in [0.1, 0.15) is 5.75 Å². The van der Waals surface area contributed by atoms with Crippen molar-refractivity contribution in [3.8, 4) is 5.75 Å². The Morgan fingerprint density at radius 1 is 1.30 bits per heavy atom. The van der Waals surface area contributed by atoms with E-state index in [1.165, 1.54) is 24.0 Å². The number of hydrogen-bond acceptors (Lipinski definition) is 4. The summed E-state index contributed by atoms with van der Waals surface area (Å²) < 4.78 is 17.2. The molecule has 1 aromatic rings. The Morgan fingerprint density at radius 2 is 2.03 bits per heavy atom. The first-order chi connectivity index (χ1) is 14.1. The quantitative estimate of drug-likeness (QED) is 0.229. The van der Waals surface area contributed by atoms with Crippen LogP contribution in [0, 0.1) is 12.8 Å². The Kier molecular flexibility index (Phi) is 10.2. The highest BCUT2D eigenvalue weighted by molar-refractivity contribution is 14.0. The fourth-order valence-corrected chi connectivity index (χ4v) is 4.01. The van der Waals surface area contributed by atoms with Crippen LogP contribution in [0.1, 0.15) is 36.8 Å². The normalized spacial score (nSPS) is 18.5. The van der Waals surface area contributed by atoms with Crippen molar-refractivity contribution < 1.29 is 14.2 Å². The molecule has 1 aromatic carbocycles. The highest BCUT2D eigenvalue weighted by Gasteiger charge is 2.37. The van der Waals surface area contributed by atoms with Crippen molar-refractivity contribution >= 4 is 29.9 Å². The van der Waals surface area contributed by atoms with E-state index in [4.69, 9.17) is 14.2 Å². The summed E-state index contributed by atoms with van der Waals surface area (Å²) in [6, 6.07) is 6.46. The molecule has 7 heteroatoms. The Balaban J connectivity index is 0.00000320. The maximum Gasteiger partial charge on any atom is 0.193 e. The number of hydrogen-bond donors (Lipinski definition) is 1. The molecule has 0 unspecified atom stereocenters. The van der Waals surface area contributed by atoms with Crippen LogP contribution in [-0.4, -0.2) is 71.6 Å². The van der Waals surface area contributed by atoms with Crippen molar-refractivity contribution in [3.05, 3.63) is 29.3 Å².